The normalized spacial score (nSPS) is 11.6. The van der Waals surface area contributed by atoms with Crippen LogP contribution in [0, 0.1) is 0 Å². The van der Waals surface area contributed by atoms with Crippen LogP contribution in [0.1, 0.15) is 0 Å². The van der Waals surface area contributed by atoms with Crippen molar-refractivity contribution >= 4 is 40.9 Å². The van der Waals surface area contributed by atoms with Gasteiger partial charge in [-0.05, 0) is 36.4 Å². The van der Waals surface area contributed by atoms with Crippen molar-refractivity contribution in [1.82, 2.24) is 0 Å². The minimum Gasteiger partial charge on any atom is -0.488 e. The molecule has 2 rings (SSSR count). The predicted molar refractivity (Wildman–Crippen MR) is 109 cm³/mol. The molecule has 0 aromatic heterocycles. The van der Waals surface area contributed by atoms with Gasteiger partial charge < -0.3 is 20.7 Å². The van der Waals surface area contributed by atoms with Crippen LogP contribution in [0.4, 0.5) is 5.69 Å². The van der Waals surface area contributed by atoms with Crippen LogP contribution < -0.4 is 20.7 Å². The quantitative estimate of drug-likeness (QED) is 0.519. The maximum atomic E-state index is 12.3. The van der Waals surface area contributed by atoms with Crippen molar-refractivity contribution in [1.29, 1.82) is 0 Å². The van der Waals surface area contributed by atoms with Crippen molar-refractivity contribution in [3.8, 4) is 5.75 Å². The zero-order valence-electron chi connectivity index (χ0n) is 15.0. The lowest BCUT2D eigenvalue weighted by Gasteiger charge is -2.15. The van der Waals surface area contributed by atoms with Gasteiger partial charge in [-0.1, -0.05) is 23.7 Å². The number of nitrogens with one attached hydrogen (secondary N) is 2. The summed E-state index contributed by atoms with van der Waals surface area (Å²) in [7, 11) is 1.93. The summed E-state index contributed by atoms with van der Waals surface area (Å²) in [5, 5.41) is 3.55. The molecule has 0 saturated carbocycles. The van der Waals surface area contributed by atoms with Gasteiger partial charge in [0.25, 0.3) is 5.91 Å². The standard InChI is InChI=1S/C19H22ClN3O3S/c1-23(10-11-26-15-8-6-14(20)7-9-15)12-19(25)22-16-4-2-3-5-17(16)27-13-18(21)24/h2-9H,10-13H2,1H3,(H2,21,24)(H,22,25)/p+1. The lowest BCUT2D eigenvalue weighted by molar-refractivity contribution is -0.871. The van der Waals surface area contributed by atoms with E-state index in [0.717, 1.165) is 15.5 Å². The first-order valence-corrected chi connectivity index (χ1v) is 9.80. The number of ether oxygens (including phenoxy) is 1. The Labute approximate surface area is 168 Å². The third kappa shape index (κ3) is 7.90. The van der Waals surface area contributed by atoms with Gasteiger partial charge >= 0.3 is 0 Å². The molecule has 4 N–H and O–H groups in total. The third-order valence-corrected chi connectivity index (χ3v) is 4.95. The van der Waals surface area contributed by atoms with Crippen LogP contribution in [0.3, 0.4) is 0 Å². The Balaban J connectivity index is 1.77. The minimum absolute atomic E-state index is 0.105. The number of thioether (sulfide) groups is 1. The Kier molecular flexibility index (Phi) is 8.44. The first kappa shape index (κ1) is 21.1. The molecule has 0 fully saturated rings. The van der Waals surface area contributed by atoms with E-state index < -0.39 is 5.91 Å². The number of halogens is 1. The maximum absolute atomic E-state index is 12.3. The smallest absolute Gasteiger partial charge is 0.279 e. The second kappa shape index (κ2) is 10.8. The van der Waals surface area contributed by atoms with Crippen molar-refractivity contribution in [3.63, 3.8) is 0 Å². The number of amides is 2. The van der Waals surface area contributed by atoms with Crippen LogP contribution in [-0.2, 0) is 9.59 Å². The molecule has 27 heavy (non-hydrogen) atoms. The van der Waals surface area contributed by atoms with E-state index >= 15 is 0 Å². The van der Waals surface area contributed by atoms with Crippen LogP contribution in [0.25, 0.3) is 0 Å². The van der Waals surface area contributed by atoms with Crippen molar-refractivity contribution < 1.29 is 19.2 Å². The second-order valence-corrected chi connectivity index (χ2v) is 7.44. The van der Waals surface area contributed by atoms with Crippen molar-refractivity contribution in [2.75, 3.05) is 37.8 Å². The average Bonchev–Trinajstić information content (AvgIpc) is 2.62. The number of carbonyl (C=O) groups is 2. The fourth-order valence-corrected chi connectivity index (χ4v) is 3.15. The van der Waals surface area contributed by atoms with Gasteiger partial charge in [-0.25, -0.2) is 0 Å². The number of likely N-dealkylation sites (N-methyl/N-ethyl adjacent to an activating group) is 1. The molecule has 6 nitrogen and oxygen atoms in total. The van der Waals surface area contributed by atoms with Gasteiger partial charge in [0, 0.05) is 9.92 Å². The summed E-state index contributed by atoms with van der Waals surface area (Å²) in [6.45, 7) is 1.47. The van der Waals surface area contributed by atoms with E-state index in [1.54, 1.807) is 18.2 Å². The van der Waals surface area contributed by atoms with Crippen LogP contribution in [-0.4, -0.2) is 44.3 Å². The summed E-state index contributed by atoms with van der Waals surface area (Å²) in [4.78, 5) is 25.1. The molecule has 2 amide bonds. The molecule has 1 unspecified atom stereocenters. The Hall–Kier alpha value is -2.22. The van der Waals surface area contributed by atoms with Crippen molar-refractivity contribution in [2.45, 2.75) is 4.90 Å². The van der Waals surface area contributed by atoms with E-state index in [1.807, 2.05) is 37.4 Å². The molecule has 0 aliphatic carbocycles. The number of para-hydroxylation sites is 1. The van der Waals surface area contributed by atoms with Crippen LogP contribution in [0.5, 0.6) is 5.75 Å². The Morgan fingerprint density at radius 3 is 2.59 bits per heavy atom. The SMILES string of the molecule is C[NH+](CCOc1ccc(Cl)cc1)CC(=O)Nc1ccccc1SCC(N)=O. The third-order valence-electron chi connectivity index (χ3n) is 3.60. The van der Waals surface area contributed by atoms with Gasteiger partial charge in [0.15, 0.2) is 6.54 Å². The van der Waals surface area contributed by atoms with E-state index in [0.29, 0.717) is 30.4 Å². The predicted octanol–water partition coefficient (Wildman–Crippen LogP) is 1.45. The summed E-state index contributed by atoms with van der Waals surface area (Å²) in [6.07, 6.45) is 0. The van der Waals surface area contributed by atoms with E-state index in [9.17, 15) is 9.59 Å². The maximum Gasteiger partial charge on any atom is 0.279 e. The first-order valence-electron chi connectivity index (χ1n) is 8.43. The lowest BCUT2D eigenvalue weighted by Crippen LogP contribution is -3.10. The fraction of sp³-hybridized carbons (Fsp3) is 0.263. The molecule has 0 aliphatic heterocycles. The number of anilines is 1. The average molecular weight is 409 g/mol. The Morgan fingerprint density at radius 2 is 1.89 bits per heavy atom. The highest BCUT2D eigenvalue weighted by molar-refractivity contribution is 8.00. The molecule has 0 bridgehead atoms. The Bertz CT molecular complexity index is 771. The molecule has 1 atom stereocenters. The summed E-state index contributed by atoms with van der Waals surface area (Å²) in [6, 6.07) is 14.5. The second-order valence-electron chi connectivity index (χ2n) is 5.99. The van der Waals surface area contributed by atoms with Crippen LogP contribution >= 0.6 is 23.4 Å². The number of nitrogens with two attached hydrogens (primary N) is 1. The number of quaternary nitrogens is 1. The van der Waals surface area contributed by atoms with Crippen LogP contribution in [0.15, 0.2) is 53.4 Å². The summed E-state index contributed by atoms with van der Waals surface area (Å²) < 4.78 is 5.65. The monoisotopic (exact) mass is 408 g/mol. The summed E-state index contributed by atoms with van der Waals surface area (Å²) in [5.41, 5.74) is 5.86. The molecule has 144 valence electrons. The van der Waals surface area contributed by atoms with Gasteiger partial charge in [-0.3, -0.25) is 9.59 Å². The highest BCUT2D eigenvalue weighted by atomic mass is 35.5. The zero-order chi connectivity index (χ0) is 19.6. The van der Waals surface area contributed by atoms with E-state index in [4.69, 9.17) is 22.1 Å². The molecule has 0 radical (unpaired) electrons. The number of primary amides is 1. The molecule has 0 spiro atoms. The molecular weight excluding hydrogens is 386 g/mol. The van der Waals surface area contributed by atoms with Crippen LogP contribution in [0.2, 0.25) is 5.02 Å². The fourth-order valence-electron chi connectivity index (χ4n) is 2.28. The molecule has 0 saturated heterocycles. The number of rotatable bonds is 10. The number of hydrogen-bond acceptors (Lipinski definition) is 4. The van der Waals surface area contributed by atoms with E-state index in [1.165, 1.54) is 11.8 Å². The minimum atomic E-state index is -0.397. The summed E-state index contributed by atoms with van der Waals surface area (Å²) in [5.74, 6) is 0.411. The summed E-state index contributed by atoms with van der Waals surface area (Å²) >= 11 is 7.14. The largest absolute Gasteiger partial charge is 0.488 e. The Morgan fingerprint density at radius 1 is 1.19 bits per heavy atom. The molecule has 2 aromatic rings. The number of benzene rings is 2. The van der Waals surface area contributed by atoms with E-state index in [2.05, 4.69) is 5.32 Å². The molecule has 2 aromatic carbocycles. The molecular formula is C19H23ClN3O3S+. The van der Waals surface area contributed by atoms with Crippen molar-refractivity contribution in [2.24, 2.45) is 5.73 Å². The number of hydrogen-bond donors (Lipinski definition) is 3. The first-order chi connectivity index (χ1) is 12.9. The van der Waals surface area contributed by atoms with Gasteiger partial charge in [0.2, 0.25) is 5.91 Å². The molecule has 0 heterocycles. The van der Waals surface area contributed by atoms with Gasteiger partial charge in [-0.2, -0.15) is 0 Å². The van der Waals surface area contributed by atoms with Gasteiger partial charge in [0.05, 0.1) is 18.5 Å². The highest BCUT2D eigenvalue weighted by Gasteiger charge is 2.13. The topological polar surface area (TPSA) is 85.9 Å². The highest BCUT2D eigenvalue weighted by Crippen LogP contribution is 2.26. The molecule has 8 heteroatoms. The van der Waals surface area contributed by atoms with Gasteiger partial charge in [-0.15, -0.1) is 11.8 Å². The number of carbonyl (C=O) groups excluding carboxylic acids is 2. The van der Waals surface area contributed by atoms with Crippen molar-refractivity contribution in [3.05, 3.63) is 53.6 Å². The van der Waals surface area contributed by atoms with E-state index in [-0.39, 0.29) is 11.7 Å². The lowest BCUT2D eigenvalue weighted by atomic mass is 10.3. The molecule has 0 aliphatic rings. The zero-order valence-corrected chi connectivity index (χ0v) is 16.6. The van der Waals surface area contributed by atoms with Gasteiger partial charge in [0.1, 0.15) is 18.9 Å².